The Morgan fingerprint density at radius 3 is 1.29 bits per heavy atom. The zero-order chi connectivity index (χ0) is 54.9. The van der Waals surface area contributed by atoms with E-state index in [0.29, 0.717) is 13.1 Å². The van der Waals surface area contributed by atoms with E-state index in [1.165, 1.54) is 49.2 Å². The maximum atomic E-state index is 14.0. The normalized spacial score (nSPS) is 26.3. The number of ether oxygens (including phenoxy) is 1. The van der Waals surface area contributed by atoms with Crippen molar-refractivity contribution >= 4 is 47.4 Å². The molecule has 6 fully saturated rings. The summed E-state index contributed by atoms with van der Waals surface area (Å²) in [7, 11) is 1.34. The first kappa shape index (κ1) is 56.6. The summed E-state index contributed by atoms with van der Waals surface area (Å²) in [5, 5.41) is 21.6. The number of carboxylic acid groups (broad SMARTS) is 1. The number of rotatable bonds is 14. The number of methoxy groups -OCH3 is 1. The number of hydrogen-bond acceptors (Lipinski definition) is 13. The molecule has 4 unspecified atom stereocenters. The maximum Gasteiger partial charge on any atom is 0.328 e. The molecule has 0 aromatic carbocycles. The van der Waals surface area contributed by atoms with Crippen molar-refractivity contribution in [1.82, 2.24) is 51.0 Å². The van der Waals surface area contributed by atoms with Gasteiger partial charge in [0.2, 0.25) is 23.6 Å². The number of aromatic nitrogens is 4. The zero-order valence-corrected chi connectivity index (χ0v) is 45.7. The number of aliphatic carboxylic acids is 1. The van der Waals surface area contributed by atoms with E-state index in [2.05, 4.69) is 55.1 Å². The number of nitrogens with one attached hydrogen (secondary N) is 4. The van der Waals surface area contributed by atoms with Gasteiger partial charge in [0.15, 0.2) is 0 Å². The highest BCUT2D eigenvalue weighted by Gasteiger charge is 2.71. The largest absolute Gasteiger partial charge is 0.480 e. The van der Waals surface area contributed by atoms with Gasteiger partial charge in [0, 0.05) is 49.7 Å². The highest BCUT2D eigenvalue weighted by molar-refractivity contribution is 5.99. The summed E-state index contributed by atoms with van der Waals surface area (Å²) in [6.07, 6.45) is 17.7. The van der Waals surface area contributed by atoms with E-state index in [4.69, 9.17) is 4.74 Å². The van der Waals surface area contributed by atoms with Gasteiger partial charge in [-0.1, -0.05) is 108 Å². The summed E-state index contributed by atoms with van der Waals surface area (Å²) in [6, 6.07) is -5.05. The topological polar surface area (TPSA) is 272 Å². The fourth-order valence-electron chi connectivity index (χ4n) is 12.8. The quantitative estimate of drug-likeness (QED) is 0.162. The molecule has 8 rings (SSSR count). The van der Waals surface area contributed by atoms with E-state index in [-0.39, 0.29) is 69.5 Å². The predicted molar refractivity (Wildman–Crippen MR) is 275 cm³/mol. The molecule has 2 aliphatic heterocycles. The van der Waals surface area contributed by atoms with E-state index >= 15 is 0 Å². The van der Waals surface area contributed by atoms with E-state index in [9.17, 15) is 43.5 Å². The monoisotopic (exact) mass is 1040 g/mol. The average molecular weight is 1040 g/mol. The maximum absolute atomic E-state index is 14.0. The number of carbonyl (C=O) groups excluding carboxylic acids is 7. The summed E-state index contributed by atoms with van der Waals surface area (Å²) in [5.74, 6) is -3.76. The molecule has 20 heteroatoms. The van der Waals surface area contributed by atoms with Crippen LogP contribution in [-0.2, 0) is 33.5 Å². The fraction of sp³-hybridized carbons (Fsp3) is 0.709. The molecule has 2 aromatic rings. The Hall–Kier alpha value is -6.08. The van der Waals surface area contributed by atoms with Crippen LogP contribution in [0, 0.1) is 57.2 Å². The molecule has 75 heavy (non-hydrogen) atoms. The van der Waals surface area contributed by atoms with Crippen molar-refractivity contribution in [3.05, 3.63) is 48.6 Å². The average Bonchev–Trinajstić information content (AvgIpc) is 3.82. The van der Waals surface area contributed by atoms with Crippen LogP contribution in [0.25, 0.3) is 0 Å². The smallest absolute Gasteiger partial charge is 0.328 e. The molecule has 20 nitrogen and oxygen atoms in total. The zero-order valence-electron chi connectivity index (χ0n) is 45.7. The molecule has 4 heterocycles. The Morgan fingerprint density at radius 2 is 0.960 bits per heavy atom. The van der Waals surface area contributed by atoms with Gasteiger partial charge < -0.3 is 40.9 Å². The van der Waals surface area contributed by atoms with Gasteiger partial charge in [-0.2, -0.15) is 0 Å². The van der Waals surface area contributed by atoms with Crippen molar-refractivity contribution in [3.8, 4) is 0 Å². The van der Waals surface area contributed by atoms with E-state index in [1.807, 2.05) is 55.4 Å². The Bertz CT molecular complexity index is 2450. The number of carbonyl (C=O) groups is 8. The lowest BCUT2D eigenvalue weighted by molar-refractivity contribution is -0.155. The highest BCUT2D eigenvalue weighted by atomic mass is 16.5. The fourth-order valence-corrected chi connectivity index (χ4v) is 12.8. The predicted octanol–water partition coefficient (Wildman–Crippen LogP) is 4.60. The number of carboxylic acids is 1. The van der Waals surface area contributed by atoms with Crippen LogP contribution in [0.4, 0.5) is 0 Å². The Balaban J connectivity index is 0.000000219. The molecule has 10 atom stereocenters. The third-order valence-corrected chi connectivity index (χ3v) is 17.5. The first-order valence-electron chi connectivity index (χ1n) is 26.9. The molecule has 2 aromatic heterocycles. The molecule has 0 bridgehead atoms. The number of piperidine rings is 2. The third-order valence-electron chi connectivity index (χ3n) is 17.5. The summed E-state index contributed by atoms with van der Waals surface area (Å²) in [5.41, 5.74) is -1.22. The van der Waals surface area contributed by atoms with Gasteiger partial charge in [-0.25, -0.2) is 19.6 Å². The summed E-state index contributed by atoms with van der Waals surface area (Å²) in [6.45, 7) is 20.3. The Morgan fingerprint density at radius 1 is 0.587 bits per heavy atom. The van der Waals surface area contributed by atoms with Crippen molar-refractivity contribution in [2.75, 3.05) is 20.2 Å². The number of likely N-dealkylation sites (tertiary alicyclic amines) is 2. The Labute approximate surface area is 440 Å². The van der Waals surface area contributed by atoms with Crippen molar-refractivity contribution in [2.24, 2.45) is 57.2 Å². The van der Waals surface area contributed by atoms with Crippen molar-refractivity contribution in [3.63, 3.8) is 0 Å². The highest BCUT2D eigenvalue weighted by Crippen LogP contribution is 2.66. The number of nitrogens with zero attached hydrogens (tertiary/aromatic N) is 6. The first-order valence-corrected chi connectivity index (χ1v) is 26.9. The molecular formula is C55H80N10O10. The van der Waals surface area contributed by atoms with E-state index < -0.39 is 82.6 Å². The molecule has 0 radical (unpaired) electrons. The van der Waals surface area contributed by atoms with Crippen LogP contribution in [0.1, 0.15) is 154 Å². The molecule has 5 N–H and O–H groups in total. The molecule has 0 spiro atoms. The molecule has 4 saturated carbocycles. The molecule has 6 amide bonds. The van der Waals surface area contributed by atoms with Crippen molar-refractivity contribution in [1.29, 1.82) is 0 Å². The molecule has 6 aliphatic rings. The van der Waals surface area contributed by atoms with Gasteiger partial charge in [0.1, 0.15) is 47.6 Å². The molecule has 2 saturated heterocycles. The molecule has 410 valence electrons. The van der Waals surface area contributed by atoms with Gasteiger partial charge in [0.05, 0.1) is 19.5 Å². The van der Waals surface area contributed by atoms with Gasteiger partial charge in [-0.3, -0.25) is 38.7 Å². The van der Waals surface area contributed by atoms with Crippen molar-refractivity contribution < 1.29 is 48.2 Å². The summed E-state index contributed by atoms with van der Waals surface area (Å²) in [4.78, 5) is 125. The lowest BCUT2D eigenvalue weighted by Gasteiger charge is -2.38. The van der Waals surface area contributed by atoms with Crippen LogP contribution in [-0.4, -0.2) is 139 Å². The van der Waals surface area contributed by atoms with Crippen LogP contribution in [0.3, 0.4) is 0 Å². The third kappa shape index (κ3) is 12.1. The Kier molecular flexibility index (Phi) is 16.8. The minimum absolute atomic E-state index is 0.0349. The van der Waals surface area contributed by atoms with Crippen LogP contribution in [0.5, 0.6) is 0 Å². The summed E-state index contributed by atoms with van der Waals surface area (Å²) >= 11 is 0. The second-order valence-electron chi connectivity index (χ2n) is 25.1. The number of amides is 6. The molecular weight excluding hydrogens is 961 g/mol. The summed E-state index contributed by atoms with van der Waals surface area (Å²) < 4.78 is 5.08. The lowest BCUT2D eigenvalue weighted by atomic mass is 9.82. The molecule has 4 aliphatic carbocycles. The van der Waals surface area contributed by atoms with Crippen LogP contribution in [0.15, 0.2) is 37.2 Å². The SMILES string of the molecule is CC1(C)C2CN(C(=O)[C@@H](NC(=O)[C@@H](NC(=O)c3cnccn3)C3CCCCC3)C(C)(C)C)[C@H](C(=O)O)C21.COC(=O)[C@@H]1C2C(CN1C(=O)[C@@H](NC(=O)[C@@H](NC(=O)c1cnccn1)C1CCCCC1)C(C)(C)C)C2(C)C. The second kappa shape index (κ2) is 22.3. The van der Waals surface area contributed by atoms with Crippen LogP contribution < -0.4 is 21.3 Å². The minimum atomic E-state index is -1.01. The van der Waals surface area contributed by atoms with E-state index in [0.717, 1.165) is 64.2 Å². The minimum Gasteiger partial charge on any atom is -0.480 e. The van der Waals surface area contributed by atoms with Gasteiger partial charge in [0.25, 0.3) is 11.8 Å². The first-order chi connectivity index (χ1) is 35.2. The lowest BCUT2D eigenvalue weighted by Crippen LogP contribution is -2.61. The van der Waals surface area contributed by atoms with Crippen molar-refractivity contribution in [2.45, 2.75) is 170 Å². The van der Waals surface area contributed by atoms with Crippen LogP contribution in [0.2, 0.25) is 0 Å². The van der Waals surface area contributed by atoms with Gasteiger partial charge in [-0.05, 0) is 71.0 Å². The number of esters is 1. The second-order valence-corrected chi connectivity index (χ2v) is 25.1. The van der Waals surface area contributed by atoms with Crippen LogP contribution >= 0.6 is 0 Å². The van der Waals surface area contributed by atoms with Gasteiger partial charge in [-0.15, -0.1) is 0 Å². The standard InChI is InChI=1S/C28H41N5O5.C27H39N5O5/c1-27(2,3)22(25(36)33-15-17-19(28(17,4)5)21(33)26(37)38-6)32-24(35)20(16-10-8-7-9-11-16)31-23(34)18-14-29-12-13-30-18;1-26(2,3)21(24(35)32-14-16-18(27(16,4)5)20(32)25(36)37)31-23(34)19(15-9-7-6-8-10-15)30-22(33)17-13-28-11-12-29-17/h12-14,16-17,19-22H,7-11,15H2,1-6H3,(H,31,34)(H,32,35);11-13,15-16,18-21H,6-10,14H2,1-5H3,(H,30,33)(H,31,34)(H,36,37)/t17?,19?,20-,21-,22+;16?,18?,19-,20-,21+/m00/s1. The van der Waals surface area contributed by atoms with E-state index in [1.54, 1.807) is 4.90 Å². The van der Waals surface area contributed by atoms with Gasteiger partial charge >= 0.3 is 11.9 Å². The number of hydrogen-bond donors (Lipinski definition) is 5. The number of fused-ring (bicyclic) bond motifs is 2.